The molecular weight excluding hydrogens is 378 g/mol. The van der Waals surface area contributed by atoms with E-state index in [0.29, 0.717) is 11.8 Å². The maximum absolute atomic E-state index is 5.70. The number of hydrogen-bond donors (Lipinski definition) is 1. The fourth-order valence-corrected chi connectivity index (χ4v) is 1.93. The van der Waals surface area contributed by atoms with Crippen molar-refractivity contribution in [3.05, 3.63) is 73.0 Å². The molecule has 1 atom stereocenters. The molecule has 0 fully saturated rings. The molecule has 0 aliphatic heterocycles. The molecule has 4 heteroatoms. The molecule has 0 bridgehead atoms. The van der Waals surface area contributed by atoms with Crippen LogP contribution in [0.3, 0.4) is 0 Å². The monoisotopic (exact) mass is 421 g/mol. The highest BCUT2D eigenvalue weighted by molar-refractivity contribution is 7.80. The molecule has 0 amide bonds. The third-order valence-corrected chi connectivity index (χ3v) is 3.57. The molecule has 29 heavy (non-hydrogen) atoms. The van der Waals surface area contributed by atoms with Crippen LogP contribution < -0.4 is 5.32 Å². The Morgan fingerprint density at radius 3 is 2.10 bits per heavy atom. The Hall–Kier alpha value is -2.07. The van der Waals surface area contributed by atoms with Gasteiger partial charge in [0.25, 0.3) is 5.17 Å². The first-order valence-corrected chi connectivity index (χ1v) is 11.0. The number of allylic oxidation sites excluding steroid dienone is 4. The minimum atomic E-state index is -0.0170. The van der Waals surface area contributed by atoms with Crippen molar-refractivity contribution in [2.24, 2.45) is 0 Å². The summed E-state index contributed by atoms with van der Waals surface area (Å²) >= 11 is 5.22. The summed E-state index contributed by atoms with van der Waals surface area (Å²) in [7, 11) is 0. The summed E-state index contributed by atoms with van der Waals surface area (Å²) in [6, 6.07) is 10.3. The number of hydrogen-bond acceptors (Lipinski definition) is 3. The average Bonchev–Trinajstić information content (AvgIpc) is 2.79. The van der Waals surface area contributed by atoms with Crippen LogP contribution in [-0.2, 0) is 15.9 Å². The summed E-state index contributed by atoms with van der Waals surface area (Å²) in [5.74, 6) is 0.903. The van der Waals surface area contributed by atoms with Gasteiger partial charge < -0.3 is 14.8 Å². The van der Waals surface area contributed by atoms with Gasteiger partial charge in [-0.05, 0) is 44.5 Å². The molecular formula is C25H43NO2S. The predicted molar refractivity (Wildman–Crippen MR) is 134 cm³/mol. The van der Waals surface area contributed by atoms with E-state index in [1.807, 2.05) is 65.8 Å². The van der Waals surface area contributed by atoms with E-state index < -0.39 is 0 Å². The Labute approximate surface area is 185 Å². The largest absolute Gasteiger partial charge is 0.495 e. The minimum absolute atomic E-state index is 0.0170. The van der Waals surface area contributed by atoms with Crippen LogP contribution in [0.4, 0.5) is 0 Å². The van der Waals surface area contributed by atoms with Gasteiger partial charge in [-0.3, -0.25) is 0 Å². The van der Waals surface area contributed by atoms with Crippen molar-refractivity contribution in [3.8, 4) is 0 Å². The van der Waals surface area contributed by atoms with Crippen LogP contribution in [0.15, 0.2) is 67.5 Å². The van der Waals surface area contributed by atoms with Gasteiger partial charge in [0, 0.05) is 6.54 Å². The normalized spacial score (nSPS) is 10.2. The molecule has 0 saturated heterocycles. The van der Waals surface area contributed by atoms with E-state index in [-0.39, 0.29) is 6.10 Å². The Balaban J connectivity index is -0.000000733. The van der Waals surface area contributed by atoms with Crippen LogP contribution >= 0.6 is 12.2 Å². The molecule has 0 spiro atoms. The van der Waals surface area contributed by atoms with Crippen molar-refractivity contribution < 1.29 is 9.47 Å². The summed E-state index contributed by atoms with van der Waals surface area (Å²) in [6.07, 6.45) is 6.98. The van der Waals surface area contributed by atoms with Crippen LogP contribution in [0.2, 0.25) is 0 Å². The van der Waals surface area contributed by atoms with Crippen LogP contribution in [0.5, 0.6) is 0 Å². The van der Waals surface area contributed by atoms with E-state index in [0.717, 1.165) is 25.1 Å². The lowest BCUT2D eigenvalue weighted by molar-refractivity contribution is 0.0776. The maximum Gasteiger partial charge on any atom is 0.257 e. The number of rotatable bonds is 9. The summed E-state index contributed by atoms with van der Waals surface area (Å²) in [4.78, 5) is 0. The maximum atomic E-state index is 5.70. The molecule has 0 aromatic heterocycles. The fourth-order valence-electron chi connectivity index (χ4n) is 1.69. The van der Waals surface area contributed by atoms with Gasteiger partial charge in [-0.25, -0.2) is 0 Å². The van der Waals surface area contributed by atoms with Gasteiger partial charge in [-0.2, -0.15) is 0 Å². The van der Waals surface area contributed by atoms with Crippen molar-refractivity contribution in [3.63, 3.8) is 0 Å². The third-order valence-electron chi connectivity index (χ3n) is 3.32. The van der Waals surface area contributed by atoms with Gasteiger partial charge in [-0.15, -0.1) is 0 Å². The average molecular weight is 422 g/mol. The second-order valence-electron chi connectivity index (χ2n) is 5.28. The number of thiocarbonyl (C=S) groups is 1. The highest BCUT2D eigenvalue weighted by Crippen LogP contribution is 2.04. The number of ether oxygens (including phenoxy) is 2. The van der Waals surface area contributed by atoms with E-state index >= 15 is 0 Å². The summed E-state index contributed by atoms with van der Waals surface area (Å²) in [6.45, 7) is 22.0. The molecule has 1 N–H and O–H groups in total. The van der Waals surface area contributed by atoms with Gasteiger partial charge in [0.05, 0.1) is 5.76 Å². The highest BCUT2D eigenvalue weighted by atomic mass is 32.1. The quantitative estimate of drug-likeness (QED) is 0.258. The molecule has 1 unspecified atom stereocenters. The van der Waals surface area contributed by atoms with Crippen LogP contribution in [0.25, 0.3) is 0 Å². The van der Waals surface area contributed by atoms with Crippen molar-refractivity contribution in [1.82, 2.24) is 5.32 Å². The second-order valence-corrected chi connectivity index (χ2v) is 5.65. The Morgan fingerprint density at radius 2 is 1.66 bits per heavy atom. The van der Waals surface area contributed by atoms with Crippen molar-refractivity contribution in [2.75, 3.05) is 13.2 Å². The zero-order chi connectivity index (χ0) is 22.9. The molecule has 0 aliphatic rings. The van der Waals surface area contributed by atoms with Crippen LogP contribution in [0, 0.1) is 0 Å². The molecule has 1 rings (SSSR count). The third kappa shape index (κ3) is 22.1. The van der Waals surface area contributed by atoms with E-state index in [2.05, 4.69) is 37.5 Å². The van der Waals surface area contributed by atoms with E-state index in [4.69, 9.17) is 21.7 Å². The van der Waals surface area contributed by atoms with Crippen molar-refractivity contribution in [1.29, 1.82) is 0 Å². The molecule has 0 saturated carbocycles. The minimum Gasteiger partial charge on any atom is -0.495 e. The zero-order valence-electron chi connectivity index (χ0n) is 19.7. The number of nitrogens with one attached hydrogen (secondary N) is 1. The van der Waals surface area contributed by atoms with E-state index in [1.54, 1.807) is 12.2 Å². The van der Waals surface area contributed by atoms with Crippen LogP contribution in [0.1, 0.15) is 60.5 Å². The van der Waals surface area contributed by atoms with Gasteiger partial charge in [-0.1, -0.05) is 96.3 Å². The van der Waals surface area contributed by atoms with Crippen molar-refractivity contribution in [2.45, 2.75) is 67.4 Å². The predicted octanol–water partition coefficient (Wildman–Crippen LogP) is 7.25. The lowest BCUT2D eigenvalue weighted by Crippen LogP contribution is -2.32. The zero-order valence-corrected chi connectivity index (χ0v) is 20.5. The highest BCUT2D eigenvalue weighted by Gasteiger charge is 2.10. The molecule has 0 heterocycles. The van der Waals surface area contributed by atoms with E-state index in [1.165, 1.54) is 5.56 Å². The molecule has 0 aliphatic carbocycles. The first-order chi connectivity index (χ1) is 14.1. The lowest BCUT2D eigenvalue weighted by Gasteiger charge is -2.19. The molecule has 3 nitrogen and oxygen atoms in total. The summed E-state index contributed by atoms with van der Waals surface area (Å²) < 4.78 is 11.3. The van der Waals surface area contributed by atoms with Gasteiger partial charge in [0.15, 0.2) is 0 Å². The van der Waals surface area contributed by atoms with Gasteiger partial charge in [0.1, 0.15) is 12.7 Å². The SMILES string of the molecule is C/C=C(\C)OCC(CC)OC(=S)NCCc1ccccc1.C=CC=C.CC.CC. The van der Waals surface area contributed by atoms with Gasteiger partial charge >= 0.3 is 0 Å². The van der Waals surface area contributed by atoms with Gasteiger partial charge in [0.2, 0.25) is 0 Å². The van der Waals surface area contributed by atoms with Crippen LogP contribution in [-0.4, -0.2) is 24.4 Å². The second kappa shape index (κ2) is 25.9. The summed E-state index contributed by atoms with van der Waals surface area (Å²) in [5, 5.41) is 3.58. The lowest BCUT2D eigenvalue weighted by atomic mass is 10.1. The standard InChI is InChI=1S/C17H25NO2S.C4H6.2C2H6/c1-4-14(3)19-13-16(5-2)20-17(21)18-12-11-15-9-7-6-8-10-15;1-3-4-2;2*1-2/h4,6-10,16H,5,11-13H2,1-3H3,(H,18,21);3-4H,1-2H2;2*1-2H3/b14-4+;;;. The molecule has 166 valence electrons. The first-order valence-electron chi connectivity index (χ1n) is 10.5. The van der Waals surface area contributed by atoms with Crippen molar-refractivity contribution >= 4 is 17.4 Å². The number of benzene rings is 1. The first kappa shape index (κ1) is 31.6. The molecule has 0 radical (unpaired) electrons. The topological polar surface area (TPSA) is 30.5 Å². The Bertz CT molecular complexity index is 521. The fraction of sp³-hybridized carbons (Fsp3) is 0.480. The Morgan fingerprint density at radius 1 is 1.10 bits per heavy atom. The Kier molecular flexibility index (Phi) is 28.3. The van der Waals surface area contributed by atoms with E-state index in [9.17, 15) is 0 Å². The molecule has 1 aromatic rings. The smallest absolute Gasteiger partial charge is 0.257 e. The molecule has 1 aromatic carbocycles. The summed E-state index contributed by atoms with van der Waals surface area (Å²) in [5.41, 5.74) is 1.28.